The third-order valence-electron chi connectivity index (χ3n) is 4.45. The van der Waals surface area contributed by atoms with Crippen molar-refractivity contribution in [2.75, 3.05) is 19.6 Å². The quantitative estimate of drug-likeness (QED) is 0.851. The zero-order valence-electron chi connectivity index (χ0n) is 15.5. The third-order valence-corrected chi connectivity index (χ3v) is 4.45. The number of rotatable bonds is 5. The molecule has 1 fully saturated rings. The Morgan fingerprint density at radius 2 is 2.08 bits per heavy atom. The highest BCUT2D eigenvalue weighted by atomic mass is 16.2. The predicted octanol–water partition coefficient (Wildman–Crippen LogP) is 1.71. The second-order valence-electron chi connectivity index (χ2n) is 7.61. The average molecular weight is 346 g/mol. The number of pyridine rings is 1. The Kier molecular flexibility index (Phi) is 6.93. The zero-order chi connectivity index (χ0) is 18.3. The van der Waals surface area contributed by atoms with Crippen LogP contribution in [0.25, 0.3) is 0 Å². The average Bonchev–Trinajstić information content (AvgIpc) is 2.86. The van der Waals surface area contributed by atoms with Crippen LogP contribution in [0, 0.1) is 5.41 Å². The summed E-state index contributed by atoms with van der Waals surface area (Å²) in [5.41, 5.74) is 0.369. The van der Waals surface area contributed by atoms with E-state index in [2.05, 4.69) is 15.6 Å². The molecular weight excluding hydrogens is 316 g/mol. The molecule has 0 saturated carbocycles. The van der Waals surface area contributed by atoms with Gasteiger partial charge in [0, 0.05) is 17.7 Å². The number of carbonyl (C=O) groups is 2. The van der Waals surface area contributed by atoms with Crippen molar-refractivity contribution in [3.63, 3.8) is 0 Å². The molecule has 0 radical (unpaired) electrons. The molecule has 0 spiro atoms. The van der Waals surface area contributed by atoms with E-state index in [0.29, 0.717) is 6.54 Å². The zero-order valence-corrected chi connectivity index (χ0v) is 15.5. The van der Waals surface area contributed by atoms with Crippen LogP contribution >= 0.6 is 0 Å². The van der Waals surface area contributed by atoms with Gasteiger partial charge in [0.15, 0.2) is 0 Å². The summed E-state index contributed by atoms with van der Waals surface area (Å²) in [6.45, 7) is 7.94. The summed E-state index contributed by atoms with van der Waals surface area (Å²) in [6.07, 6.45) is 4.68. The molecule has 1 aromatic heterocycles. The van der Waals surface area contributed by atoms with Crippen LogP contribution in [0.4, 0.5) is 0 Å². The maximum absolute atomic E-state index is 12.9. The molecule has 1 aliphatic rings. The Morgan fingerprint density at radius 3 is 2.76 bits per heavy atom. The van der Waals surface area contributed by atoms with Gasteiger partial charge in [0.25, 0.3) is 0 Å². The fourth-order valence-corrected chi connectivity index (χ4v) is 2.92. The van der Waals surface area contributed by atoms with Crippen molar-refractivity contribution in [2.24, 2.45) is 5.41 Å². The van der Waals surface area contributed by atoms with Gasteiger partial charge in [-0.3, -0.25) is 14.6 Å². The standard InChI is InChI=1S/C19H30N4O2/c1-19(2,3)18(25)22-13-17(24)23(14-15-7-4-5-11-21-15)16-8-6-10-20-12-9-16/h4-5,7,11,16,20H,6,8-10,12-14H2,1-3H3,(H,22,25). The fourth-order valence-electron chi connectivity index (χ4n) is 2.92. The Balaban J connectivity index is 2.06. The van der Waals surface area contributed by atoms with Crippen molar-refractivity contribution in [3.8, 4) is 0 Å². The number of aromatic nitrogens is 1. The first-order chi connectivity index (χ1) is 11.9. The minimum absolute atomic E-state index is 0.0346. The lowest BCUT2D eigenvalue weighted by Gasteiger charge is -2.31. The SMILES string of the molecule is CC(C)(C)C(=O)NCC(=O)N(Cc1ccccn1)C1CCCNCC1. The van der Waals surface area contributed by atoms with Crippen LogP contribution in [0.5, 0.6) is 0 Å². The molecule has 0 aromatic carbocycles. The third kappa shape index (κ3) is 6.12. The summed E-state index contributed by atoms with van der Waals surface area (Å²) in [4.78, 5) is 31.2. The van der Waals surface area contributed by atoms with Crippen LogP contribution in [0.1, 0.15) is 45.7 Å². The summed E-state index contributed by atoms with van der Waals surface area (Å²) >= 11 is 0. The number of hydrogen-bond donors (Lipinski definition) is 2. The molecule has 138 valence electrons. The largest absolute Gasteiger partial charge is 0.347 e. The van der Waals surface area contributed by atoms with E-state index in [1.54, 1.807) is 6.20 Å². The van der Waals surface area contributed by atoms with Crippen LogP contribution < -0.4 is 10.6 Å². The lowest BCUT2D eigenvalue weighted by Crippen LogP contribution is -2.47. The van der Waals surface area contributed by atoms with E-state index in [-0.39, 0.29) is 24.4 Å². The molecule has 2 heterocycles. The molecule has 6 heteroatoms. The van der Waals surface area contributed by atoms with E-state index >= 15 is 0 Å². The normalized spacial score (nSPS) is 18.3. The van der Waals surface area contributed by atoms with Gasteiger partial charge < -0.3 is 15.5 Å². The van der Waals surface area contributed by atoms with E-state index < -0.39 is 5.41 Å². The van der Waals surface area contributed by atoms with E-state index in [1.165, 1.54) is 0 Å². The molecule has 25 heavy (non-hydrogen) atoms. The number of nitrogens with one attached hydrogen (secondary N) is 2. The van der Waals surface area contributed by atoms with Crippen molar-refractivity contribution in [1.82, 2.24) is 20.5 Å². The first kappa shape index (κ1) is 19.4. The second-order valence-corrected chi connectivity index (χ2v) is 7.61. The van der Waals surface area contributed by atoms with Gasteiger partial charge in [0.05, 0.1) is 18.8 Å². The predicted molar refractivity (Wildman–Crippen MR) is 97.8 cm³/mol. The molecule has 1 aromatic rings. The van der Waals surface area contributed by atoms with Gasteiger partial charge in [0.2, 0.25) is 11.8 Å². The lowest BCUT2D eigenvalue weighted by atomic mass is 9.96. The summed E-state index contributed by atoms with van der Waals surface area (Å²) < 4.78 is 0. The molecule has 1 aliphatic heterocycles. The maximum Gasteiger partial charge on any atom is 0.242 e. The molecule has 2 N–H and O–H groups in total. The van der Waals surface area contributed by atoms with Crippen LogP contribution in [0.2, 0.25) is 0 Å². The monoisotopic (exact) mass is 346 g/mol. The first-order valence-electron chi connectivity index (χ1n) is 9.06. The van der Waals surface area contributed by atoms with Crippen molar-refractivity contribution in [1.29, 1.82) is 0 Å². The van der Waals surface area contributed by atoms with Crippen LogP contribution in [-0.4, -0.2) is 47.4 Å². The summed E-state index contributed by atoms with van der Waals surface area (Å²) in [7, 11) is 0. The van der Waals surface area contributed by atoms with Crippen molar-refractivity contribution in [2.45, 2.75) is 52.6 Å². The molecule has 0 aliphatic carbocycles. The molecule has 0 bridgehead atoms. The first-order valence-corrected chi connectivity index (χ1v) is 9.06. The number of nitrogens with zero attached hydrogens (tertiary/aromatic N) is 2. The van der Waals surface area contributed by atoms with Crippen molar-refractivity contribution in [3.05, 3.63) is 30.1 Å². The Morgan fingerprint density at radius 1 is 1.28 bits per heavy atom. The van der Waals surface area contributed by atoms with Crippen molar-refractivity contribution >= 4 is 11.8 Å². The molecule has 6 nitrogen and oxygen atoms in total. The Hall–Kier alpha value is -1.95. The molecular formula is C19H30N4O2. The highest BCUT2D eigenvalue weighted by molar-refractivity contribution is 5.87. The molecule has 2 amide bonds. The van der Waals surface area contributed by atoms with Crippen molar-refractivity contribution < 1.29 is 9.59 Å². The summed E-state index contributed by atoms with van der Waals surface area (Å²) in [5.74, 6) is -0.156. The molecule has 1 unspecified atom stereocenters. The topological polar surface area (TPSA) is 74.3 Å². The van der Waals surface area contributed by atoms with Gasteiger partial charge in [-0.25, -0.2) is 0 Å². The minimum Gasteiger partial charge on any atom is -0.347 e. The Bertz CT molecular complexity index is 561. The van der Waals surface area contributed by atoms with Crippen LogP contribution in [-0.2, 0) is 16.1 Å². The van der Waals surface area contributed by atoms with Gasteiger partial charge in [-0.1, -0.05) is 26.8 Å². The van der Waals surface area contributed by atoms with Gasteiger partial charge in [-0.15, -0.1) is 0 Å². The maximum atomic E-state index is 12.9. The van der Waals surface area contributed by atoms with Gasteiger partial charge >= 0.3 is 0 Å². The van der Waals surface area contributed by atoms with Gasteiger partial charge in [0.1, 0.15) is 0 Å². The van der Waals surface area contributed by atoms with Gasteiger partial charge in [-0.2, -0.15) is 0 Å². The van der Waals surface area contributed by atoms with E-state index in [9.17, 15) is 9.59 Å². The number of amides is 2. The molecule has 1 atom stereocenters. The number of hydrogen-bond acceptors (Lipinski definition) is 4. The minimum atomic E-state index is -0.502. The van der Waals surface area contributed by atoms with Gasteiger partial charge in [-0.05, 0) is 44.5 Å². The molecule has 1 saturated heterocycles. The smallest absolute Gasteiger partial charge is 0.242 e. The second kappa shape index (κ2) is 8.94. The van der Waals surface area contributed by atoms with Crippen LogP contribution in [0.15, 0.2) is 24.4 Å². The molecule has 2 rings (SSSR count). The highest BCUT2D eigenvalue weighted by Crippen LogP contribution is 2.17. The highest BCUT2D eigenvalue weighted by Gasteiger charge is 2.27. The fraction of sp³-hybridized carbons (Fsp3) is 0.632. The summed E-state index contributed by atoms with van der Waals surface area (Å²) in [6, 6.07) is 5.91. The Labute approximate surface area is 150 Å². The van der Waals surface area contributed by atoms with E-state index in [4.69, 9.17) is 0 Å². The van der Waals surface area contributed by atoms with E-state index in [1.807, 2.05) is 43.9 Å². The van der Waals surface area contributed by atoms with E-state index in [0.717, 1.165) is 38.0 Å². The summed E-state index contributed by atoms with van der Waals surface area (Å²) in [5, 5.41) is 6.16. The van der Waals surface area contributed by atoms with Crippen LogP contribution in [0.3, 0.4) is 0 Å². The number of carbonyl (C=O) groups excluding carboxylic acids is 2. The lowest BCUT2D eigenvalue weighted by molar-refractivity contribution is -0.137.